The summed E-state index contributed by atoms with van der Waals surface area (Å²) in [5.41, 5.74) is 0.879. The predicted molar refractivity (Wildman–Crippen MR) is 109 cm³/mol. The second kappa shape index (κ2) is 8.24. The van der Waals surface area contributed by atoms with Gasteiger partial charge in [0.25, 0.3) is 5.56 Å². The highest BCUT2D eigenvalue weighted by molar-refractivity contribution is 7.99. The first kappa shape index (κ1) is 20.2. The van der Waals surface area contributed by atoms with Crippen molar-refractivity contribution in [3.05, 3.63) is 50.7 Å². The number of thioether (sulfide) groups is 1. The molecule has 150 valence electrons. The van der Waals surface area contributed by atoms with Crippen LogP contribution in [-0.4, -0.2) is 42.3 Å². The Labute approximate surface area is 166 Å². The zero-order valence-corrected chi connectivity index (χ0v) is 17.2. The molecule has 0 spiro atoms. The third-order valence-corrected chi connectivity index (χ3v) is 5.30. The van der Waals surface area contributed by atoms with Crippen LogP contribution in [0.25, 0.3) is 11.2 Å². The zero-order valence-electron chi connectivity index (χ0n) is 16.4. The SMILES string of the molecule is CCSc1nc2c(c(=O)n(C)c(=O)n2C)n1CC(O)COc1ccc(C)cc1. The Kier molecular flexibility index (Phi) is 5.95. The quantitative estimate of drug-likeness (QED) is 0.597. The van der Waals surface area contributed by atoms with Crippen LogP contribution in [-0.2, 0) is 20.6 Å². The number of hydrogen-bond donors (Lipinski definition) is 1. The average Bonchev–Trinajstić information content (AvgIpc) is 3.03. The Balaban J connectivity index is 1.92. The molecule has 3 rings (SSSR count). The van der Waals surface area contributed by atoms with Crippen LogP contribution in [0.15, 0.2) is 39.0 Å². The Bertz CT molecular complexity index is 1100. The van der Waals surface area contributed by atoms with Gasteiger partial charge in [0.2, 0.25) is 0 Å². The molecule has 0 aliphatic heterocycles. The molecule has 0 fully saturated rings. The molecule has 0 radical (unpaired) electrons. The maximum atomic E-state index is 12.7. The fraction of sp³-hybridized carbons (Fsp3) is 0.421. The number of ether oxygens (including phenoxy) is 1. The van der Waals surface area contributed by atoms with Gasteiger partial charge in [0, 0.05) is 14.1 Å². The first-order chi connectivity index (χ1) is 13.3. The molecule has 9 heteroatoms. The second-order valence-corrected chi connectivity index (χ2v) is 7.83. The Hall–Kier alpha value is -2.52. The predicted octanol–water partition coefficient (Wildman–Crippen LogP) is 1.29. The highest BCUT2D eigenvalue weighted by atomic mass is 32.2. The minimum atomic E-state index is -0.850. The minimum Gasteiger partial charge on any atom is -0.491 e. The molecule has 0 aliphatic carbocycles. The van der Waals surface area contributed by atoms with Gasteiger partial charge in [-0.25, -0.2) is 9.78 Å². The number of rotatable bonds is 7. The lowest BCUT2D eigenvalue weighted by atomic mass is 10.2. The maximum Gasteiger partial charge on any atom is 0.332 e. The highest BCUT2D eigenvalue weighted by Crippen LogP contribution is 2.22. The van der Waals surface area contributed by atoms with Crippen molar-refractivity contribution < 1.29 is 9.84 Å². The fourth-order valence-electron chi connectivity index (χ4n) is 2.93. The van der Waals surface area contributed by atoms with Gasteiger partial charge in [0.1, 0.15) is 18.5 Å². The van der Waals surface area contributed by atoms with Gasteiger partial charge >= 0.3 is 5.69 Å². The van der Waals surface area contributed by atoms with E-state index in [1.807, 2.05) is 38.1 Å². The fourth-order valence-corrected chi connectivity index (χ4v) is 3.66. The number of imidazole rings is 1. The van der Waals surface area contributed by atoms with Gasteiger partial charge in [-0.3, -0.25) is 13.9 Å². The summed E-state index contributed by atoms with van der Waals surface area (Å²) in [6, 6.07) is 7.56. The Morgan fingerprint density at radius 1 is 1.18 bits per heavy atom. The lowest BCUT2D eigenvalue weighted by Gasteiger charge is -2.15. The molecule has 0 aliphatic rings. The standard InChI is InChI=1S/C19H24N4O4S/c1-5-28-18-20-16-15(17(25)22(4)19(26)21(16)3)23(18)10-13(24)11-27-14-8-6-12(2)7-9-14/h6-9,13,24H,5,10-11H2,1-4H3. The van der Waals surface area contributed by atoms with Crippen molar-refractivity contribution in [2.45, 2.75) is 31.7 Å². The van der Waals surface area contributed by atoms with Gasteiger partial charge in [-0.1, -0.05) is 36.4 Å². The van der Waals surface area contributed by atoms with E-state index >= 15 is 0 Å². The maximum absolute atomic E-state index is 12.7. The Morgan fingerprint density at radius 2 is 1.86 bits per heavy atom. The van der Waals surface area contributed by atoms with E-state index < -0.39 is 17.4 Å². The summed E-state index contributed by atoms with van der Waals surface area (Å²) in [6.07, 6.45) is -0.850. The number of aryl methyl sites for hydroxylation is 2. The van der Waals surface area contributed by atoms with Crippen LogP contribution in [0.1, 0.15) is 12.5 Å². The molecule has 3 aromatic rings. The van der Waals surface area contributed by atoms with Gasteiger partial charge in [-0.2, -0.15) is 0 Å². The lowest BCUT2D eigenvalue weighted by Crippen LogP contribution is -2.38. The van der Waals surface area contributed by atoms with E-state index in [-0.39, 0.29) is 13.2 Å². The van der Waals surface area contributed by atoms with Crippen molar-refractivity contribution in [1.82, 2.24) is 18.7 Å². The average molecular weight is 404 g/mol. The molecule has 1 aromatic carbocycles. The molecule has 2 aromatic heterocycles. The van der Waals surface area contributed by atoms with Crippen molar-refractivity contribution in [3.8, 4) is 5.75 Å². The molecule has 0 bridgehead atoms. The van der Waals surface area contributed by atoms with Crippen LogP contribution < -0.4 is 16.0 Å². The van der Waals surface area contributed by atoms with Crippen LogP contribution in [0.3, 0.4) is 0 Å². The van der Waals surface area contributed by atoms with Crippen molar-refractivity contribution in [3.63, 3.8) is 0 Å². The summed E-state index contributed by atoms with van der Waals surface area (Å²) in [7, 11) is 3.02. The Morgan fingerprint density at radius 3 is 2.50 bits per heavy atom. The van der Waals surface area contributed by atoms with Crippen LogP contribution in [0.5, 0.6) is 5.75 Å². The molecule has 1 N–H and O–H groups in total. The van der Waals surface area contributed by atoms with Crippen molar-refractivity contribution in [2.75, 3.05) is 12.4 Å². The third-order valence-electron chi connectivity index (χ3n) is 4.44. The van der Waals surface area contributed by atoms with Crippen molar-refractivity contribution in [2.24, 2.45) is 14.1 Å². The first-order valence-corrected chi connectivity index (χ1v) is 9.98. The smallest absolute Gasteiger partial charge is 0.332 e. The van der Waals surface area contributed by atoms with E-state index in [4.69, 9.17) is 4.74 Å². The monoisotopic (exact) mass is 404 g/mol. The molecule has 0 saturated carbocycles. The first-order valence-electron chi connectivity index (χ1n) is 9.00. The van der Waals surface area contributed by atoms with E-state index in [0.717, 1.165) is 15.9 Å². The highest BCUT2D eigenvalue weighted by Gasteiger charge is 2.21. The summed E-state index contributed by atoms with van der Waals surface area (Å²) in [5.74, 6) is 1.41. The van der Waals surface area contributed by atoms with Gasteiger partial charge < -0.3 is 14.4 Å². The number of aliphatic hydroxyl groups excluding tert-OH is 1. The number of hydrogen-bond acceptors (Lipinski definition) is 6. The molecular formula is C19H24N4O4S. The molecule has 1 unspecified atom stereocenters. The summed E-state index contributed by atoms with van der Waals surface area (Å²) >= 11 is 1.45. The van der Waals surface area contributed by atoms with Crippen molar-refractivity contribution >= 4 is 22.9 Å². The largest absolute Gasteiger partial charge is 0.491 e. The number of aromatic nitrogens is 4. The molecule has 0 saturated heterocycles. The summed E-state index contributed by atoms with van der Waals surface area (Å²) in [4.78, 5) is 29.4. The second-order valence-electron chi connectivity index (χ2n) is 6.59. The van der Waals surface area contributed by atoms with E-state index in [1.165, 1.54) is 23.4 Å². The van der Waals surface area contributed by atoms with Crippen molar-refractivity contribution in [1.29, 1.82) is 0 Å². The molecular weight excluding hydrogens is 380 g/mol. The molecule has 2 heterocycles. The summed E-state index contributed by atoms with van der Waals surface area (Å²) in [5, 5.41) is 11.1. The molecule has 1 atom stereocenters. The normalized spacial score (nSPS) is 12.5. The number of fused-ring (bicyclic) bond motifs is 1. The third kappa shape index (κ3) is 3.85. The summed E-state index contributed by atoms with van der Waals surface area (Å²) < 4.78 is 9.73. The van der Waals surface area contributed by atoms with E-state index in [1.54, 1.807) is 11.6 Å². The van der Waals surface area contributed by atoms with E-state index in [0.29, 0.717) is 22.1 Å². The lowest BCUT2D eigenvalue weighted by molar-refractivity contribution is 0.0913. The van der Waals surface area contributed by atoms with Crippen LogP contribution in [0.4, 0.5) is 0 Å². The van der Waals surface area contributed by atoms with E-state index in [9.17, 15) is 14.7 Å². The van der Waals surface area contributed by atoms with E-state index in [2.05, 4.69) is 4.98 Å². The van der Waals surface area contributed by atoms with Gasteiger partial charge in [-0.05, 0) is 24.8 Å². The minimum absolute atomic E-state index is 0.0744. The van der Waals surface area contributed by atoms with Gasteiger partial charge in [0.15, 0.2) is 16.3 Å². The molecule has 28 heavy (non-hydrogen) atoms. The number of aliphatic hydroxyl groups is 1. The van der Waals surface area contributed by atoms with Gasteiger partial charge in [0.05, 0.1) is 6.54 Å². The van der Waals surface area contributed by atoms with Crippen LogP contribution in [0.2, 0.25) is 0 Å². The number of benzene rings is 1. The topological polar surface area (TPSA) is 91.3 Å². The van der Waals surface area contributed by atoms with Crippen LogP contribution in [0, 0.1) is 6.92 Å². The molecule has 8 nitrogen and oxygen atoms in total. The van der Waals surface area contributed by atoms with Gasteiger partial charge in [-0.15, -0.1) is 0 Å². The summed E-state index contributed by atoms with van der Waals surface area (Å²) in [6.45, 7) is 4.18. The van der Waals surface area contributed by atoms with Crippen LogP contribution >= 0.6 is 11.8 Å². The number of nitrogens with zero attached hydrogens (tertiary/aromatic N) is 4. The zero-order chi connectivity index (χ0) is 20.4. The molecule has 0 amide bonds.